The van der Waals surface area contributed by atoms with E-state index >= 15 is 0 Å². The average molecular weight is 214 g/mol. The lowest BCUT2D eigenvalue weighted by molar-refractivity contribution is -0.126. The second-order valence-electron chi connectivity index (χ2n) is 4.00. The van der Waals surface area contributed by atoms with E-state index in [4.69, 9.17) is 0 Å². The highest BCUT2D eigenvalue weighted by Crippen LogP contribution is 2.31. The molecular formula is C13H14N2O. The molecule has 0 unspecified atom stereocenters. The van der Waals surface area contributed by atoms with Crippen molar-refractivity contribution in [3.05, 3.63) is 48.0 Å². The van der Waals surface area contributed by atoms with Crippen molar-refractivity contribution in [2.24, 2.45) is 11.0 Å². The Bertz CT molecular complexity index is 415. The van der Waals surface area contributed by atoms with Crippen LogP contribution in [0, 0.1) is 5.92 Å². The summed E-state index contributed by atoms with van der Waals surface area (Å²) in [4.78, 5) is 11.5. The number of hydrogen-bond acceptors (Lipinski definition) is 2. The zero-order valence-corrected chi connectivity index (χ0v) is 9.02. The van der Waals surface area contributed by atoms with Gasteiger partial charge in [0, 0.05) is 5.92 Å². The summed E-state index contributed by atoms with van der Waals surface area (Å²) in [5.41, 5.74) is 4.66. The van der Waals surface area contributed by atoms with Gasteiger partial charge in [-0.05, 0) is 18.4 Å². The second kappa shape index (κ2) is 4.75. The molecule has 1 fully saturated rings. The Labute approximate surface area is 94.9 Å². The molecule has 1 aliphatic rings. The minimum absolute atomic E-state index is 0.0143. The molecule has 16 heavy (non-hydrogen) atoms. The number of nitrogens with one attached hydrogen (secondary N) is 1. The number of carbonyl (C=O) groups excluding carboxylic acids is 1. The van der Waals surface area contributed by atoms with E-state index in [2.05, 4.69) is 17.1 Å². The Morgan fingerprint density at radius 3 is 2.69 bits per heavy atom. The summed E-state index contributed by atoms with van der Waals surface area (Å²) in [7, 11) is 0. The molecule has 0 aromatic heterocycles. The van der Waals surface area contributed by atoms with Gasteiger partial charge in [0.1, 0.15) is 0 Å². The minimum atomic E-state index is -0.0143. The van der Waals surface area contributed by atoms with E-state index in [9.17, 15) is 4.79 Å². The number of allylic oxidation sites excluding steroid dienone is 1. The van der Waals surface area contributed by atoms with E-state index in [1.165, 1.54) is 0 Å². The van der Waals surface area contributed by atoms with Crippen LogP contribution < -0.4 is 5.43 Å². The van der Waals surface area contributed by atoms with Gasteiger partial charge in [-0.1, -0.05) is 42.5 Å². The van der Waals surface area contributed by atoms with Gasteiger partial charge in [-0.2, -0.15) is 5.10 Å². The lowest BCUT2D eigenvalue weighted by atomic mass is 9.81. The Balaban J connectivity index is 1.81. The molecule has 0 spiro atoms. The molecule has 0 aliphatic heterocycles. The van der Waals surface area contributed by atoms with Gasteiger partial charge in [-0.25, -0.2) is 5.43 Å². The van der Waals surface area contributed by atoms with E-state index in [0.29, 0.717) is 0 Å². The van der Waals surface area contributed by atoms with Gasteiger partial charge in [0.2, 0.25) is 5.91 Å². The van der Waals surface area contributed by atoms with Gasteiger partial charge in [0.05, 0.1) is 6.21 Å². The molecular weight excluding hydrogens is 200 g/mol. The topological polar surface area (TPSA) is 41.5 Å². The van der Waals surface area contributed by atoms with Crippen LogP contribution in [0.25, 0.3) is 0 Å². The highest BCUT2D eigenvalue weighted by atomic mass is 16.2. The molecule has 0 atom stereocenters. The van der Waals surface area contributed by atoms with Crippen LogP contribution in [0.5, 0.6) is 0 Å². The normalized spacial score (nSPS) is 16.1. The largest absolute Gasteiger partial charge is 0.273 e. The van der Waals surface area contributed by atoms with Gasteiger partial charge in [0.15, 0.2) is 0 Å². The molecule has 3 nitrogen and oxygen atoms in total. The first-order valence-corrected chi connectivity index (χ1v) is 5.30. The minimum Gasteiger partial charge on any atom is -0.273 e. The third-order valence-electron chi connectivity index (χ3n) is 2.63. The number of carbonyl (C=O) groups is 1. The van der Waals surface area contributed by atoms with Crippen molar-refractivity contribution in [3.8, 4) is 0 Å². The standard InChI is InChI=1S/C13H14N2O/c1-10-7-12(8-10)13(16)15-14-9-11-5-3-2-4-6-11/h2-6,9,12H,1,7-8H2,(H,15,16)/b14-9-. The summed E-state index contributed by atoms with van der Waals surface area (Å²) in [6, 6.07) is 9.66. The van der Waals surface area contributed by atoms with E-state index in [1.54, 1.807) is 6.21 Å². The molecule has 1 N–H and O–H groups in total. The molecule has 1 aromatic carbocycles. The molecule has 0 bridgehead atoms. The third-order valence-corrected chi connectivity index (χ3v) is 2.63. The number of hydrogen-bond donors (Lipinski definition) is 1. The van der Waals surface area contributed by atoms with E-state index in [-0.39, 0.29) is 11.8 Å². The van der Waals surface area contributed by atoms with Crippen LogP contribution in [-0.4, -0.2) is 12.1 Å². The van der Waals surface area contributed by atoms with Crippen molar-refractivity contribution >= 4 is 12.1 Å². The number of benzene rings is 1. The molecule has 0 saturated heterocycles. The first-order valence-electron chi connectivity index (χ1n) is 5.30. The lowest BCUT2D eigenvalue weighted by Crippen LogP contribution is -2.32. The smallest absolute Gasteiger partial charge is 0.243 e. The van der Waals surface area contributed by atoms with Gasteiger partial charge in [-0.3, -0.25) is 4.79 Å². The highest BCUT2D eigenvalue weighted by molar-refractivity contribution is 5.84. The maximum Gasteiger partial charge on any atom is 0.243 e. The maximum absolute atomic E-state index is 11.5. The van der Waals surface area contributed by atoms with Crippen LogP contribution >= 0.6 is 0 Å². The third kappa shape index (κ3) is 2.57. The van der Waals surface area contributed by atoms with Gasteiger partial charge in [-0.15, -0.1) is 0 Å². The molecule has 1 amide bonds. The molecule has 0 radical (unpaired) electrons. The Morgan fingerprint density at radius 2 is 2.06 bits per heavy atom. The van der Waals surface area contributed by atoms with Crippen LogP contribution in [0.3, 0.4) is 0 Å². The van der Waals surface area contributed by atoms with Crippen LogP contribution in [-0.2, 0) is 4.79 Å². The first-order chi connectivity index (χ1) is 7.75. The van der Waals surface area contributed by atoms with Gasteiger partial charge in [0.25, 0.3) is 0 Å². The molecule has 2 rings (SSSR count). The molecule has 0 heterocycles. The Morgan fingerprint density at radius 1 is 1.38 bits per heavy atom. The SMILES string of the molecule is C=C1CC(C(=O)N/N=C\c2ccccc2)C1. The van der Waals surface area contributed by atoms with Crippen LogP contribution in [0.4, 0.5) is 0 Å². The van der Waals surface area contributed by atoms with Crippen LogP contribution in [0.2, 0.25) is 0 Å². The lowest BCUT2D eigenvalue weighted by Gasteiger charge is -2.25. The van der Waals surface area contributed by atoms with E-state index in [1.807, 2.05) is 30.3 Å². The quantitative estimate of drug-likeness (QED) is 0.467. The monoisotopic (exact) mass is 214 g/mol. The fourth-order valence-corrected chi connectivity index (χ4v) is 1.62. The van der Waals surface area contributed by atoms with Crippen molar-refractivity contribution in [3.63, 3.8) is 0 Å². The number of hydrazone groups is 1. The van der Waals surface area contributed by atoms with Crippen molar-refractivity contribution in [2.75, 3.05) is 0 Å². The van der Waals surface area contributed by atoms with Crippen molar-refractivity contribution in [1.82, 2.24) is 5.43 Å². The summed E-state index contributed by atoms with van der Waals surface area (Å²) >= 11 is 0. The summed E-state index contributed by atoms with van der Waals surface area (Å²) < 4.78 is 0. The molecule has 1 aromatic rings. The van der Waals surface area contributed by atoms with Crippen LogP contribution in [0.15, 0.2) is 47.6 Å². The van der Waals surface area contributed by atoms with Gasteiger partial charge >= 0.3 is 0 Å². The highest BCUT2D eigenvalue weighted by Gasteiger charge is 2.27. The Kier molecular flexibility index (Phi) is 3.15. The van der Waals surface area contributed by atoms with Crippen molar-refractivity contribution < 1.29 is 4.79 Å². The summed E-state index contributed by atoms with van der Waals surface area (Å²) in [5.74, 6) is 0.0556. The van der Waals surface area contributed by atoms with Crippen molar-refractivity contribution in [2.45, 2.75) is 12.8 Å². The predicted octanol–water partition coefficient (Wildman–Crippen LogP) is 2.10. The molecule has 3 heteroatoms. The fraction of sp³-hybridized carbons (Fsp3) is 0.231. The molecule has 1 aliphatic carbocycles. The fourth-order valence-electron chi connectivity index (χ4n) is 1.62. The second-order valence-corrected chi connectivity index (χ2v) is 4.00. The maximum atomic E-state index is 11.5. The summed E-state index contributed by atoms with van der Waals surface area (Å²) in [5, 5.41) is 3.92. The number of rotatable bonds is 3. The molecule has 82 valence electrons. The predicted molar refractivity (Wildman–Crippen MR) is 64.0 cm³/mol. The number of amides is 1. The zero-order valence-electron chi connectivity index (χ0n) is 9.02. The molecule has 1 saturated carbocycles. The Hall–Kier alpha value is -1.90. The van der Waals surface area contributed by atoms with Crippen LogP contribution in [0.1, 0.15) is 18.4 Å². The number of nitrogens with zero attached hydrogens (tertiary/aromatic N) is 1. The average Bonchev–Trinajstić information content (AvgIpc) is 2.26. The van der Waals surface area contributed by atoms with E-state index in [0.717, 1.165) is 24.0 Å². The van der Waals surface area contributed by atoms with Crippen molar-refractivity contribution in [1.29, 1.82) is 0 Å². The first kappa shape index (κ1) is 10.6. The summed E-state index contributed by atoms with van der Waals surface area (Å²) in [6.07, 6.45) is 3.24. The zero-order chi connectivity index (χ0) is 11.4. The summed E-state index contributed by atoms with van der Waals surface area (Å²) in [6.45, 7) is 3.80. The van der Waals surface area contributed by atoms with E-state index < -0.39 is 0 Å². The van der Waals surface area contributed by atoms with Gasteiger partial charge < -0.3 is 0 Å².